The molecule has 0 aliphatic carbocycles. The van der Waals surface area contributed by atoms with Crippen molar-refractivity contribution in [3.8, 4) is 22.6 Å². The smallest absolute Gasteiger partial charge is 0.480 e. The van der Waals surface area contributed by atoms with Gasteiger partial charge in [0.15, 0.2) is 11.5 Å². The van der Waals surface area contributed by atoms with Crippen LogP contribution in [0.25, 0.3) is 11.1 Å². The van der Waals surface area contributed by atoms with Gasteiger partial charge < -0.3 is 14.6 Å². The van der Waals surface area contributed by atoms with Crippen LogP contribution in [0.1, 0.15) is 11.6 Å². The second-order valence-electron chi connectivity index (χ2n) is 5.66. The van der Waals surface area contributed by atoms with E-state index in [4.69, 9.17) is 0 Å². The molecule has 4 N–H and O–H groups in total. The highest BCUT2D eigenvalue weighted by molar-refractivity contribution is 5.75. The maximum atomic E-state index is 13.1. The number of carbonyl (C=O) groups is 1. The molecule has 1 fully saturated rings. The van der Waals surface area contributed by atoms with Crippen molar-refractivity contribution in [1.82, 2.24) is 16.4 Å². The molecule has 0 spiro atoms. The molecule has 0 aromatic heterocycles. The molecule has 2 aromatic rings. The van der Waals surface area contributed by atoms with Gasteiger partial charge in [-0.3, -0.25) is 4.79 Å². The van der Waals surface area contributed by atoms with Crippen LogP contribution in [-0.4, -0.2) is 23.4 Å². The van der Waals surface area contributed by atoms with Gasteiger partial charge in [0.1, 0.15) is 6.04 Å². The van der Waals surface area contributed by atoms with Crippen LogP contribution >= 0.6 is 0 Å². The number of carboxylic acid groups (broad SMARTS) is 1. The zero-order chi connectivity index (χ0) is 17.6. The minimum atomic E-state index is -3.65. The van der Waals surface area contributed by atoms with E-state index in [2.05, 4.69) is 25.9 Å². The fourth-order valence-electron chi connectivity index (χ4n) is 2.86. The molecule has 2 unspecified atom stereocenters. The number of alkyl halides is 2. The third-order valence-corrected chi connectivity index (χ3v) is 4.06. The normalized spacial score (nSPS) is 23.6. The Kier molecular flexibility index (Phi) is 3.57. The Balaban J connectivity index is 1.58. The minimum Gasteiger partial charge on any atom is -0.480 e. The van der Waals surface area contributed by atoms with Gasteiger partial charge in [0.25, 0.3) is 0 Å². The lowest BCUT2D eigenvalue weighted by atomic mass is 9.97. The van der Waals surface area contributed by atoms with Crippen molar-refractivity contribution >= 4 is 5.97 Å². The molecule has 4 rings (SSSR count). The van der Waals surface area contributed by atoms with E-state index >= 15 is 0 Å². The standard InChI is InChI=1S/C16H13F2N3O4/c17-16(18)24-11-6-5-10(7-12(11)25-16)8-1-3-9(4-2-8)13-14(15(22)23)20-21-19-13/h1-7,13-14,19-21H,(H,22,23). The van der Waals surface area contributed by atoms with E-state index in [1.165, 1.54) is 12.1 Å². The molecule has 9 heteroatoms. The lowest BCUT2D eigenvalue weighted by Crippen LogP contribution is -2.38. The van der Waals surface area contributed by atoms with E-state index in [1.807, 2.05) is 0 Å². The molecule has 25 heavy (non-hydrogen) atoms. The Hall–Kier alpha value is -2.75. The minimum absolute atomic E-state index is 0.0121. The van der Waals surface area contributed by atoms with Crippen molar-refractivity contribution in [2.45, 2.75) is 18.4 Å². The molecule has 130 valence electrons. The number of hydrazine groups is 2. The van der Waals surface area contributed by atoms with Gasteiger partial charge in [-0.25, -0.2) is 10.9 Å². The van der Waals surface area contributed by atoms with Crippen LogP contribution < -0.4 is 25.9 Å². The van der Waals surface area contributed by atoms with Gasteiger partial charge in [0.2, 0.25) is 0 Å². The summed E-state index contributed by atoms with van der Waals surface area (Å²) >= 11 is 0. The lowest BCUT2D eigenvalue weighted by molar-refractivity contribution is -0.286. The summed E-state index contributed by atoms with van der Waals surface area (Å²) in [5.74, 6) is -1.02. The highest BCUT2D eigenvalue weighted by Crippen LogP contribution is 2.43. The number of benzene rings is 2. The molecule has 2 aliphatic rings. The number of rotatable bonds is 3. The van der Waals surface area contributed by atoms with Gasteiger partial charge in [-0.2, -0.15) is 5.53 Å². The fourth-order valence-corrected chi connectivity index (χ4v) is 2.86. The highest BCUT2D eigenvalue weighted by Gasteiger charge is 2.43. The first-order valence-electron chi connectivity index (χ1n) is 7.42. The van der Waals surface area contributed by atoms with E-state index in [0.29, 0.717) is 5.56 Å². The largest absolute Gasteiger partial charge is 0.586 e. The second kappa shape index (κ2) is 5.66. The summed E-state index contributed by atoms with van der Waals surface area (Å²) < 4.78 is 35.0. The number of nitrogens with one attached hydrogen (secondary N) is 3. The summed E-state index contributed by atoms with van der Waals surface area (Å²) in [5, 5.41) is 9.18. The predicted octanol–water partition coefficient (Wildman–Crippen LogP) is 1.78. The van der Waals surface area contributed by atoms with E-state index in [1.54, 1.807) is 30.3 Å². The molecule has 0 amide bonds. The van der Waals surface area contributed by atoms with Gasteiger partial charge >= 0.3 is 12.3 Å². The third-order valence-electron chi connectivity index (χ3n) is 4.06. The Labute approximate surface area is 140 Å². The predicted molar refractivity (Wildman–Crippen MR) is 81.7 cm³/mol. The van der Waals surface area contributed by atoms with Crippen molar-refractivity contribution in [3.63, 3.8) is 0 Å². The SMILES string of the molecule is O=C(O)C1NNNC1c1ccc(-c2ccc3c(c2)OC(F)(F)O3)cc1. The number of carboxylic acids is 1. The van der Waals surface area contributed by atoms with Crippen LogP contribution in [0.5, 0.6) is 11.5 Å². The summed E-state index contributed by atoms with van der Waals surface area (Å²) in [4.78, 5) is 11.2. The number of aliphatic carboxylic acids is 1. The Morgan fingerprint density at radius 3 is 2.40 bits per heavy atom. The number of fused-ring (bicyclic) bond motifs is 1. The molecule has 7 nitrogen and oxygen atoms in total. The van der Waals surface area contributed by atoms with Crippen LogP contribution in [0.15, 0.2) is 42.5 Å². The van der Waals surface area contributed by atoms with Crippen LogP contribution in [0.2, 0.25) is 0 Å². The van der Waals surface area contributed by atoms with Crippen molar-refractivity contribution < 1.29 is 28.2 Å². The second-order valence-corrected chi connectivity index (χ2v) is 5.66. The first kappa shape index (κ1) is 15.8. The highest BCUT2D eigenvalue weighted by atomic mass is 19.3. The van der Waals surface area contributed by atoms with E-state index in [9.17, 15) is 18.7 Å². The van der Waals surface area contributed by atoms with E-state index in [0.717, 1.165) is 11.1 Å². The molecule has 2 heterocycles. The molecule has 0 bridgehead atoms. The summed E-state index contributed by atoms with van der Waals surface area (Å²) in [6.45, 7) is 0. The molecule has 0 saturated carbocycles. The van der Waals surface area contributed by atoms with E-state index in [-0.39, 0.29) is 11.5 Å². The summed E-state index contributed by atoms with van der Waals surface area (Å²) in [6, 6.07) is 10.4. The van der Waals surface area contributed by atoms with Gasteiger partial charge in [-0.05, 0) is 28.8 Å². The van der Waals surface area contributed by atoms with Gasteiger partial charge in [0, 0.05) is 0 Å². The maximum Gasteiger partial charge on any atom is 0.586 e. The number of ether oxygens (including phenoxy) is 2. The summed E-state index contributed by atoms with van der Waals surface area (Å²) in [5.41, 5.74) is 10.3. The molecule has 1 saturated heterocycles. The summed E-state index contributed by atoms with van der Waals surface area (Å²) in [7, 11) is 0. The van der Waals surface area contributed by atoms with Crippen LogP contribution in [0.4, 0.5) is 8.78 Å². The summed E-state index contributed by atoms with van der Waals surface area (Å²) in [6.07, 6.45) is -3.65. The van der Waals surface area contributed by atoms with Gasteiger partial charge in [-0.15, -0.1) is 8.78 Å². The third kappa shape index (κ3) is 2.88. The van der Waals surface area contributed by atoms with Crippen molar-refractivity contribution in [1.29, 1.82) is 0 Å². The maximum absolute atomic E-state index is 13.1. The Bertz CT molecular complexity index is 829. The number of hydrogen-bond donors (Lipinski definition) is 4. The van der Waals surface area contributed by atoms with Crippen molar-refractivity contribution in [3.05, 3.63) is 48.0 Å². The van der Waals surface area contributed by atoms with Crippen LogP contribution in [0, 0.1) is 0 Å². The molecular formula is C16H13F2N3O4. The average molecular weight is 349 g/mol. The molecule has 2 aromatic carbocycles. The lowest BCUT2D eigenvalue weighted by Gasteiger charge is -2.15. The molecule has 2 atom stereocenters. The monoisotopic (exact) mass is 349 g/mol. The first-order valence-corrected chi connectivity index (χ1v) is 7.42. The number of halogens is 2. The van der Waals surface area contributed by atoms with E-state index < -0.39 is 24.3 Å². The zero-order valence-corrected chi connectivity index (χ0v) is 12.6. The van der Waals surface area contributed by atoms with Crippen LogP contribution in [0.3, 0.4) is 0 Å². The van der Waals surface area contributed by atoms with Crippen molar-refractivity contribution in [2.75, 3.05) is 0 Å². The first-order chi connectivity index (χ1) is 11.9. The topological polar surface area (TPSA) is 91.9 Å². The average Bonchev–Trinajstić information content (AvgIpc) is 3.17. The fraction of sp³-hybridized carbons (Fsp3) is 0.188. The Morgan fingerprint density at radius 2 is 1.68 bits per heavy atom. The molecule has 2 aliphatic heterocycles. The Morgan fingerprint density at radius 1 is 1.00 bits per heavy atom. The van der Waals surface area contributed by atoms with Crippen LogP contribution in [-0.2, 0) is 4.79 Å². The van der Waals surface area contributed by atoms with Crippen molar-refractivity contribution in [2.24, 2.45) is 0 Å². The molecule has 0 radical (unpaired) electrons. The van der Waals surface area contributed by atoms with Gasteiger partial charge in [0.05, 0.1) is 6.04 Å². The molecular weight excluding hydrogens is 336 g/mol. The quantitative estimate of drug-likeness (QED) is 0.671. The van der Waals surface area contributed by atoms with Gasteiger partial charge in [-0.1, -0.05) is 30.3 Å². The zero-order valence-electron chi connectivity index (χ0n) is 12.6. The number of hydrogen-bond acceptors (Lipinski definition) is 6.